The van der Waals surface area contributed by atoms with Crippen LogP contribution >= 0.6 is 0 Å². The molecule has 0 heterocycles. The zero-order valence-electron chi connectivity index (χ0n) is 23.7. The largest absolute Gasteiger partial charge is 0.518 e. The summed E-state index contributed by atoms with van der Waals surface area (Å²) in [6.07, 6.45) is 8.83. The van der Waals surface area contributed by atoms with Gasteiger partial charge in [0.2, 0.25) is 0 Å². The van der Waals surface area contributed by atoms with Crippen molar-refractivity contribution in [2.45, 2.75) is 111 Å². The van der Waals surface area contributed by atoms with Crippen molar-refractivity contribution in [2.75, 3.05) is 34.5 Å². The maximum absolute atomic E-state index is 13.2. The zero-order chi connectivity index (χ0) is 26.7. The summed E-state index contributed by atoms with van der Waals surface area (Å²) >= 11 is 0. The van der Waals surface area contributed by atoms with Crippen LogP contribution in [0.3, 0.4) is 0 Å². The van der Waals surface area contributed by atoms with Crippen molar-refractivity contribution in [3.63, 3.8) is 0 Å². The summed E-state index contributed by atoms with van der Waals surface area (Å²) in [5.74, 6) is -0.232. The number of unbranched alkanes of at least 4 members (excludes halogenated alkanes) is 2. The van der Waals surface area contributed by atoms with Gasteiger partial charge in [0.1, 0.15) is 6.04 Å². The third-order valence-electron chi connectivity index (χ3n) is 6.77. The van der Waals surface area contributed by atoms with E-state index in [-0.39, 0.29) is 12.1 Å². The number of esters is 2. The third kappa shape index (κ3) is 12.7. The van der Waals surface area contributed by atoms with Gasteiger partial charge in [-0.2, -0.15) is 0 Å². The normalized spacial score (nSPS) is 15.3. The zero-order valence-corrected chi connectivity index (χ0v) is 24.7. The fourth-order valence-corrected chi connectivity index (χ4v) is 6.39. The molecule has 0 aliphatic rings. The summed E-state index contributed by atoms with van der Waals surface area (Å²) in [6, 6.07) is -0.876. The molecule has 0 aromatic rings. The van der Waals surface area contributed by atoms with Gasteiger partial charge in [0.15, 0.2) is 0 Å². The highest BCUT2D eigenvalue weighted by atomic mass is 28.4. The van der Waals surface area contributed by atoms with E-state index in [4.69, 9.17) is 22.8 Å². The monoisotopic (exact) mass is 519 g/mol. The Kier molecular flexibility index (Phi) is 19.5. The molecule has 0 spiro atoms. The molecule has 4 atom stereocenters. The van der Waals surface area contributed by atoms with Crippen molar-refractivity contribution in [3.05, 3.63) is 0 Å². The van der Waals surface area contributed by atoms with E-state index in [2.05, 4.69) is 33.0 Å². The summed E-state index contributed by atoms with van der Waals surface area (Å²) in [6.45, 7) is 11.2. The van der Waals surface area contributed by atoms with Gasteiger partial charge < -0.3 is 22.8 Å². The van der Waals surface area contributed by atoms with E-state index >= 15 is 0 Å². The minimum Gasteiger partial charge on any atom is -0.465 e. The first-order valence-electron chi connectivity index (χ1n) is 13.5. The molecule has 0 aromatic carbocycles. The van der Waals surface area contributed by atoms with Gasteiger partial charge in [0.25, 0.3) is 0 Å². The van der Waals surface area contributed by atoms with E-state index < -0.39 is 26.8 Å². The molecular formula is C26H53NO7Si. The van der Waals surface area contributed by atoms with E-state index in [9.17, 15) is 9.59 Å². The quantitative estimate of drug-likeness (QED) is 0.157. The van der Waals surface area contributed by atoms with Crippen LogP contribution < -0.4 is 5.32 Å². The average Bonchev–Trinajstić information content (AvgIpc) is 2.88. The van der Waals surface area contributed by atoms with Crippen LogP contribution in [0.15, 0.2) is 0 Å². The number of hydrogen-bond donors (Lipinski definition) is 1. The van der Waals surface area contributed by atoms with E-state index in [0.29, 0.717) is 31.5 Å². The molecule has 0 amide bonds. The van der Waals surface area contributed by atoms with E-state index in [1.165, 1.54) is 21.3 Å². The number of hydrogen-bond acceptors (Lipinski definition) is 8. The van der Waals surface area contributed by atoms with Gasteiger partial charge in [-0.3, -0.25) is 14.9 Å². The minimum atomic E-state index is -3.10. The predicted molar refractivity (Wildman–Crippen MR) is 141 cm³/mol. The molecule has 0 saturated heterocycles. The van der Waals surface area contributed by atoms with Gasteiger partial charge in [-0.1, -0.05) is 73.1 Å². The van der Waals surface area contributed by atoms with Crippen molar-refractivity contribution >= 4 is 20.7 Å². The summed E-state index contributed by atoms with van der Waals surface area (Å²) in [4.78, 5) is 25.9. The standard InChI is InChI=1S/C26H53NO7Si/c1-9-14-16-21(11-3)19-33-25(28)18-23(26(29)34-20-22(12-4)17-15-10-2)27-24(13-5)35(30-6,31-7)32-8/h21-24,27H,9-20H2,1-8H3. The number of ether oxygens (including phenoxy) is 2. The molecule has 208 valence electrons. The molecule has 0 aromatic heterocycles. The molecule has 8 nitrogen and oxygen atoms in total. The topological polar surface area (TPSA) is 92.3 Å². The molecule has 35 heavy (non-hydrogen) atoms. The average molecular weight is 520 g/mol. The Morgan fingerprint density at radius 1 is 0.743 bits per heavy atom. The highest BCUT2D eigenvalue weighted by Crippen LogP contribution is 2.19. The Balaban J connectivity index is 5.43. The highest BCUT2D eigenvalue weighted by molar-refractivity contribution is 6.62. The maximum Gasteiger partial charge on any atom is 0.518 e. The second-order valence-corrected chi connectivity index (χ2v) is 12.4. The van der Waals surface area contributed by atoms with Crippen LogP contribution in [0.4, 0.5) is 0 Å². The minimum absolute atomic E-state index is 0.118. The van der Waals surface area contributed by atoms with Crippen molar-refractivity contribution < 1.29 is 32.3 Å². The molecular weight excluding hydrogens is 466 g/mol. The Morgan fingerprint density at radius 3 is 1.63 bits per heavy atom. The van der Waals surface area contributed by atoms with Gasteiger partial charge >= 0.3 is 20.7 Å². The van der Waals surface area contributed by atoms with Crippen LogP contribution in [-0.4, -0.2) is 67.0 Å². The van der Waals surface area contributed by atoms with Crippen molar-refractivity contribution in [1.82, 2.24) is 5.32 Å². The number of carbonyl (C=O) groups excluding carboxylic acids is 2. The first kappa shape index (κ1) is 34.0. The summed E-state index contributed by atoms with van der Waals surface area (Å²) < 4.78 is 28.2. The summed E-state index contributed by atoms with van der Waals surface area (Å²) in [7, 11) is 1.50. The Hall–Kier alpha value is -1.00. The fraction of sp³-hybridized carbons (Fsp3) is 0.923. The summed E-state index contributed by atoms with van der Waals surface area (Å²) in [5.41, 5.74) is -0.386. The smallest absolute Gasteiger partial charge is 0.465 e. The van der Waals surface area contributed by atoms with E-state index in [1.54, 1.807) is 0 Å². The first-order valence-corrected chi connectivity index (χ1v) is 15.3. The van der Waals surface area contributed by atoms with Crippen LogP contribution in [0.1, 0.15) is 98.8 Å². The highest BCUT2D eigenvalue weighted by Gasteiger charge is 2.48. The van der Waals surface area contributed by atoms with E-state index in [1.807, 2.05) is 6.92 Å². The lowest BCUT2D eigenvalue weighted by atomic mass is 10.0. The SMILES string of the molecule is CCCCC(CC)COC(=O)CC(NC(CC)[Si](OC)(OC)OC)C(=O)OCC(CC)CCCC. The fourth-order valence-electron chi connectivity index (χ4n) is 4.13. The van der Waals surface area contributed by atoms with Gasteiger partial charge in [-0.15, -0.1) is 0 Å². The number of nitrogens with one attached hydrogen (secondary N) is 1. The van der Waals surface area contributed by atoms with Gasteiger partial charge in [-0.25, -0.2) is 0 Å². The van der Waals surface area contributed by atoms with Crippen LogP contribution in [0, 0.1) is 11.8 Å². The third-order valence-corrected chi connectivity index (χ3v) is 9.91. The maximum atomic E-state index is 13.2. The van der Waals surface area contributed by atoms with Gasteiger partial charge in [-0.05, 0) is 31.1 Å². The number of rotatable bonds is 22. The van der Waals surface area contributed by atoms with Gasteiger partial charge in [0, 0.05) is 21.3 Å². The van der Waals surface area contributed by atoms with Gasteiger partial charge in [0.05, 0.1) is 25.3 Å². The molecule has 0 radical (unpaired) electrons. The molecule has 0 bridgehead atoms. The number of carbonyl (C=O) groups is 2. The van der Waals surface area contributed by atoms with Crippen LogP contribution in [-0.2, 0) is 32.3 Å². The molecule has 1 N–H and O–H groups in total. The van der Waals surface area contributed by atoms with Crippen molar-refractivity contribution in [1.29, 1.82) is 0 Å². The summed E-state index contributed by atoms with van der Waals surface area (Å²) in [5, 5.41) is 3.26. The van der Waals surface area contributed by atoms with Crippen LogP contribution in [0.2, 0.25) is 0 Å². The lowest BCUT2D eigenvalue weighted by Gasteiger charge is -2.34. The second-order valence-electron chi connectivity index (χ2n) is 9.25. The molecule has 0 fully saturated rings. The van der Waals surface area contributed by atoms with Crippen molar-refractivity contribution in [2.24, 2.45) is 11.8 Å². The first-order chi connectivity index (χ1) is 16.8. The van der Waals surface area contributed by atoms with Crippen LogP contribution in [0.25, 0.3) is 0 Å². The molecule has 4 unspecified atom stereocenters. The molecule has 0 saturated carbocycles. The Morgan fingerprint density at radius 2 is 1.23 bits per heavy atom. The Labute approximate surface area is 215 Å². The molecule has 0 rings (SSSR count). The molecule has 0 aliphatic heterocycles. The van der Waals surface area contributed by atoms with Crippen LogP contribution in [0.5, 0.6) is 0 Å². The lowest BCUT2D eigenvalue weighted by Crippen LogP contribution is -2.63. The lowest BCUT2D eigenvalue weighted by molar-refractivity contribution is -0.154. The molecule has 0 aliphatic carbocycles. The predicted octanol–water partition coefficient (Wildman–Crippen LogP) is 5.05. The molecule has 9 heteroatoms. The second kappa shape index (κ2) is 20.1. The Bertz CT molecular complexity index is 552. The van der Waals surface area contributed by atoms with E-state index in [0.717, 1.165) is 51.4 Å². The van der Waals surface area contributed by atoms with Crippen molar-refractivity contribution in [3.8, 4) is 0 Å².